The van der Waals surface area contributed by atoms with Gasteiger partial charge in [0.25, 0.3) is 0 Å². The topological polar surface area (TPSA) is 33.0 Å². The van der Waals surface area contributed by atoms with Crippen LogP contribution in [-0.2, 0) is 0 Å². The first-order chi connectivity index (χ1) is 7.75. The normalized spacial score (nSPS) is 9.81. The number of hydrogen-bond donors (Lipinski definition) is 1. The second kappa shape index (κ2) is 4.57. The average Bonchev–Trinajstić information content (AvgIpc) is 2.30. The molecule has 0 spiro atoms. The maximum absolute atomic E-state index is 11.8. The second-order valence-corrected chi connectivity index (χ2v) is 3.60. The summed E-state index contributed by atoms with van der Waals surface area (Å²) in [5.74, 6) is -0.115. The number of rotatable bonds is 2. The summed E-state index contributed by atoms with van der Waals surface area (Å²) in [6.07, 6.45) is 3.66. The molecule has 3 nitrogen and oxygen atoms in total. The van der Waals surface area contributed by atoms with E-state index >= 15 is 0 Å². The molecule has 0 saturated heterocycles. The molecule has 2 aromatic rings. The summed E-state index contributed by atoms with van der Waals surface area (Å²) in [5, 5.41) is 0. The minimum Gasteiger partial charge on any atom is -0.264 e. The Balaban J connectivity index is 2.14. The van der Waals surface area contributed by atoms with Crippen molar-refractivity contribution in [3.63, 3.8) is 0 Å². The zero-order valence-corrected chi connectivity index (χ0v) is 9.05. The molecule has 0 atom stereocenters. The molecular formula is C13H13N2O+. The predicted octanol–water partition coefficient (Wildman–Crippen LogP) is 1.67. The number of amides is 1. The van der Waals surface area contributed by atoms with Gasteiger partial charge in [-0.05, 0) is 25.1 Å². The van der Waals surface area contributed by atoms with Gasteiger partial charge >= 0.3 is 5.91 Å². The highest BCUT2D eigenvalue weighted by molar-refractivity contribution is 5.98. The maximum atomic E-state index is 11.8. The Hall–Kier alpha value is -2.16. The van der Waals surface area contributed by atoms with E-state index in [-0.39, 0.29) is 5.91 Å². The van der Waals surface area contributed by atoms with Gasteiger partial charge in [0.1, 0.15) is 0 Å². The Morgan fingerprint density at radius 1 is 1.12 bits per heavy atom. The molecule has 0 unspecified atom stereocenters. The van der Waals surface area contributed by atoms with Crippen LogP contribution >= 0.6 is 0 Å². The van der Waals surface area contributed by atoms with Gasteiger partial charge in [-0.3, -0.25) is 4.79 Å². The smallest absolute Gasteiger partial charge is 0.264 e. The van der Waals surface area contributed by atoms with Crippen molar-refractivity contribution in [1.82, 2.24) is 0 Å². The van der Waals surface area contributed by atoms with Crippen LogP contribution in [0.2, 0.25) is 0 Å². The summed E-state index contributed by atoms with van der Waals surface area (Å²) >= 11 is 0. The largest absolute Gasteiger partial charge is 0.305 e. The van der Waals surface area contributed by atoms with E-state index in [1.807, 2.05) is 43.5 Å². The molecule has 3 heteroatoms. The van der Waals surface area contributed by atoms with Gasteiger partial charge in [-0.1, -0.05) is 22.9 Å². The third-order valence-electron chi connectivity index (χ3n) is 2.22. The van der Waals surface area contributed by atoms with Crippen LogP contribution in [0.25, 0.3) is 0 Å². The highest BCUT2D eigenvalue weighted by Crippen LogP contribution is 1.97. The fourth-order valence-corrected chi connectivity index (χ4v) is 1.43. The molecule has 0 aliphatic carbocycles. The molecule has 16 heavy (non-hydrogen) atoms. The lowest BCUT2D eigenvalue weighted by Gasteiger charge is -1.99. The first-order valence-corrected chi connectivity index (χ1v) is 5.10. The average molecular weight is 213 g/mol. The molecule has 0 bridgehead atoms. The van der Waals surface area contributed by atoms with Gasteiger partial charge in [0.2, 0.25) is 6.20 Å². The summed E-state index contributed by atoms with van der Waals surface area (Å²) in [4.78, 5) is 11.8. The van der Waals surface area contributed by atoms with Crippen LogP contribution < -0.4 is 10.1 Å². The van der Waals surface area contributed by atoms with E-state index in [4.69, 9.17) is 0 Å². The van der Waals surface area contributed by atoms with Gasteiger partial charge < -0.3 is 0 Å². The number of carbonyl (C=O) groups excluding carboxylic acids is 1. The lowest BCUT2D eigenvalue weighted by Crippen LogP contribution is -2.47. The Labute approximate surface area is 94.3 Å². The number of nitrogens with one attached hydrogen (secondary N) is 1. The monoisotopic (exact) mass is 213 g/mol. The fourth-order valence-electron chi connectivity index (χ4n) is 1.43. The van der Waals surface area contributed by atoms with E-state index in [2.05, 4.69) is 5.43 Å². The first kappa shape index (κ1) is 10.4. The quantitative estimate of drug-likeness (QED) is 0.756. The summed E-state index contributed by atoms with van der Waals surface area (Å²) in [5.41, 5.74) is 4.52. The van der Waals surface area contributed by atoms with Crippen molar-refractivity contribution in [3.8, 4) is 0 Å². The van der Waals surface area contributed by atoms with E-state index in [9.17, 15) is 4.79 Å². The van der Waals surface area contributed by atoms with Crippen LogP contribution in [0.4, 0.5) is 0 Å². The van der Waals surface area contributed by atoms with Gasteiger partial charge in [-0.25, -0.2) is 0 Å². The number of benzene rings is 1. The van der Waals surface area contributed by atoms with Crippen LogP contribution in [-0.4, -0.2) is 5.91 Å². The fraction of sp³-hybridized carbons (Fsp3) is 0.0769. The molecule has 1 aromatic heterocycles. The molecule has 0 fully saturated rings. The minimum absolute atomic E-state index is 0.115. The molecule has 1 amide bonds. The predicted molar refractivity (Wildman–Crippen MR) is 61.5 cm³/mol. The van der Waals surface area contributed by atoms with Gasteiger partial charge in [0.05, 0.1) is 0 Å². The maximum Gasteiger partial charge on any atom is 0.305 e. The Kier molecular flexibility index (Phi) is 2.96. The van der Waals surface area contributed by atoms with Crippen molar-refractivity contribution in [2.24, 2.45) is 0 Å². The van der Waals surface area contributed by atoms with Crippen molar-refractivity contribution >= 4 is 5.91 Å². The van der Waals surface area contributed by atoms with E-state index in [0.717, 1.165) is 5.56 Å². The zero-order chi connectivity index (χ0) is 11.4. The Morgan fingerprint density at radius 2 is 1.88 bits per heavy atom. The van der Waals surface area contributed by atoms with E-state index in [1.54, 1.807) is 23.0 Å². The van der Waals surface area contributed by atoms with Crippen molar-refractivity contribution < 1.29 is 9.47 Å². The molecule has 0 aliphatic heterocycles. The summed E-state index contributed by atoms with van der Waals surface area (Å²) in [6, 6.07) is 13.0. The van der Waals surface area contributed by atoms with Crippen molar-refractivity contribution in [1.29, 1.82) is 0 Å². The number of pyridine rings is 1. The number of nitrogens with zero attached hydrogens (tertiary/aromatic N) is 1. The van der Waals surface area contributed by atoms with Gasteiger partial charge in [0, 0.05) is 17.2 Å². The third-order valence-corrected chi connectivity index (χ3v) is 2.22. The summed E-state index contributed by atoms with van der Waals surface area (Å²) < 4.78 is 1.66. The van der Waals surface area contributed by atoms with Crippen LogP contribution in [0.1, 0.15) is 15.9 Å². The van der Waals surface area contributed by atoms with Crippen LogP contribution in [0.5, 0.6) is 0 Å². The van der Waals surface area contributed by atoms with E-state index < -0.39 is 0 Å². The number of aryl methyl sites for hydroxylation is 1. The second-order valence-electron chi connectivity index (χ2n) is 3.60. The summed E-state index contributed by atoms with van der Waals surface area (Å²) in [7, 11) is 0. The number of carbonyl (C=O) groups is 1. The van der Waals surface area contributed by atoms with Gasteiger partial charge in [0.15, 0.2) is 6.20 Å². The third kappa shape index (κ3) is 2.45. The molecule has 2 rings (SSSR count). The van der Waals surface area contributed by atoms with E-state index in [1.165, 1.54) is 0 Å². The van der Waals surface area contributed by atoms with Crippen molar-refractivity contribution in [3.05, 3.63) is 66.0 Å². The minimum atomic E-state index is -0.115. The number of aromatic nitrogens is 1. The molecule has 0 aliphatic rings. The highest BCUT2D eigenvalue weighted by atomic mass is 16.2. The molecule has 0 saturated carbocycles. The molecule has 80 valence electrons. The lowest BCUT2D eigenvalue weighted by atomic mass is 10.2. The number of hydrogen-bond acceptors (Lipinski definition) is 1. The molecule has 1 aromatic carbocycles. The van der Waals surface area contributed by atoms with Crippen LogP contribution in [0.3, 0.4) is 0 Å². The highest BCUT2D eigenvalue weighted by Gasteiger charge is 2.09. The van der Waals surface area contributed by atoms with Gasteiger partial charge in [-0.15, -0.1) is 5.43 Å². The molecular weight excluding hydrogens is 200 g/mol. The van der Waals surface area contributed by atoms with Gasteiger partial charge in [-0.2, -0.15) is 0 Å². The van der Waals surface area contributed by atoms with Crippen LogP contribution in [0, 0.1) is 6.92 Å². The lowest BCUT2D eigenvalue weighted by molar-refractivity contribution is -0.641. The van der Waals surface area contributed by atoms with E-state index in [0.29, 0.717) is 5.56 Å². The van der Waals surface area contributed by atoms with Crippen molar-refractivity contribution in [2.75, 3.05) is 5.43 Å². The standard InChI is InChI=1S/C13H12N2O/c1-11-6-5-9-15(10-11)14-13(16)12-7-3-2-4-8-12/h2-10H,1H3/p+1. The zero-order valence-electron chi connectivity index (χ0n) is 9.05. The Morgan fingerprint density at radius 3 is 2.56 bits per heavy atom. The Bertz CT molecular complexity index is 494. The molecule has 1 N–H and O–H groups in total. The SMILES string of the molecule is Cc1ccc[n+](NC(=O)c2ccccc2)c1. The first-order valence-electron chi connectivity index (χ1n) is 5.10. The summed E-state index contributed by atoms with van der Waals surface area (Å²) in [6.45, 7) is 1.98. The molecule has 0 radical (unpaired) electrons. The van der Waals surface area contributed by atoms with Crippen LogP contribution in [0.15, 0.2) is 54.9 Å². The molecule has 1 heterocycles. The van der Waals surface area contributed by atoms with Crippen molar-refractivity contribution in [2.45, 2.75) is 6.92 Å².